The van der Waals surface area contributed by atoms with Crippen molar-refractivity contribution >= 4 is 23.4 Å². The van der Waals surface area contributed by atoms with Crippen LogP contribution in [0.2, 0.25) is 0 Å². The van der Waals surface area contributed by atoms with Crippen LogP contribution in [-0.2, 0) is 27.5 Å². The first-order chi connectivity index (χ1) is 18.0. The number of carbonyl (C=O) groups excluding carboxylic acids is 3. The molecule has 0 radical (unpaired) electrons. The van der Waals surface area contributed by atoms with Crippen LogP contribution >= 0.6 is 0 Å². The van der Waals surface area contributed by atoms with Gasteiger partial charge in [-0.15, -0.1) is 0 Å². The van der Waals surface area contributed by atoms with Crippen LogP contribution < -0.4 is 9.47 Å². The second-order valence-corrected chi connectivity index (χ2v) is 9.65. The molecule has 2 unspecified atom stereocenters. The predicted octanol–water partition coefficient (Wildman–Crippen LogP) is 4.07. The highest BCUT2D eigenvalue weighted by Crippen LogP contribution is 2.37. The van der Waals surface area contributed by atoms with Gasteiger partial charge in [0.15, 0.2) is 11.5 Å². The quantitative estimate of drug-likeness (QED) is 0.422. The van der Waals surface area contributed by atoms with Gasteiger partial charge >= 0.3 is 0 Å². The third-order valence-electron chi connectivity index (χ3n) is 7.34. The molecule has 192 valence electrons. The lowest BCUT2D eigenvalue weighted by Gasteiger charge is -2.37. The lowest BCUT2D eigenvalue weighted by molar-refractivity contribution is -0.148. The Balaban J connectivity index is 1.39. The first-order valence-corrected chi connectivity index (χ1v) is 12.7. The fourth-order valence-electron chi connectivity index (χ4n) is 5.30. The number of hydrogen-bond acceptors (Lipinski definition) is 6. The number of fused-ring (bicyclic) bond motifs is 1. The van der Waals surface area contributed by atoms with Crippen molar-refractivity contribution in [2.75, 3.05) is 14.2 Å². The topological polar surface area (TPSA) is 88.5 Å². The summed E-state index contributed by atoms with van der Waals surface area (Å²) in [5.74, 6) is 0.890. The van der Waals surface area contributed by atoms with Gasteiger partial charge in [0.05, 0.1) is 38.9 Å². The summed E-state index contributed by atoms with van der Waals surface area (Å²) in [6.45, 7) is 0.614. The Labute approximate surface area is 216 Å². The lowest BCUT2D eigenvalue weighted by Crippen LogP contribution is -2.45. The molecule has 5 rings (SSSR count). The van der Waals surface area contributed by atoms with Crippen LogP contribution in [0.25, 0.3) is 0 Å². The van der Waals surface area contributed by atoms with Crippen LogP contribution in [0.1, 0.15) is 48.8 Å². The molecule has 8 nitrogen and oxygen atoms in total. The van der Waals surface area contributed by atoms with Crippen molar-refractivity contribution in [3.05, 3.63) is 71.3 Å². The average Bonchev–Trinajstić information content (AvgIpc) is 2.93. The number of imide groups is 1. The van der Waals surface area contributed by atoms with E-state index in [1.807, 2.05) is 42.5 Å². The molecule has 2 aromatic rings. The minimum Gasteiger partial charge on any atom is -0.493 e. The summed E-state index contributed by atoms with van der Waals surface area (Å²) in [7, 11) is 3.21. The number of hydrazone groups is 1. The van der Waals surface area contributed by atoms with E-state index in [2.05, 4.69) is 12.2 Å². The second-order valence-electron chi connectivity index (χ2n) is 9.65. The normalized spacial score (nSPS) is 21.6. The standard InChI is InChI=1S/C29H31N3O5/c1-36-24-15-14-21(16-25(24)37-2)28-22-6-3-4-7-23(22)29(35)32(30-28)18-20-12-10-19(11-13-20)17-31-26(33)8-5-9-27(31)34/h3-4,10-16,22-23H,5-9,17-18H2,1-2H3. The number of benzene rings is 2. The molecule has 3 aliphatic rings. The van der Waals surface area contributed by atoms with E-state index in [1.54, 1.807) is 19.2 Å². The zero-order valence-electron chi connectivity index (χ0n) is 21.2. The van der Waals surface area contributed by atoms with Gasteiger partial charge in [-0.05, 0) is 48.6 Å². The predicted molar refractivity (Wildman–Crippen MR) is 138 cm³/mol. The van der Waals surface area contributed by atoms with Crippen LogP contribution in [-0.4, -0.2) is 47.6 Å². The third-order valence-corrected chi connectivity index (χ3v) is 7.34. The van der Waals surface area contributed by atoms with Crippen molar-refractivity contribution in [2.45, 2.75) is 45.2 Å². The van der Waals surface area contributed by atoms with E-state index in [4.69, 9.17) is 14.6 Å². The van der Waals surface area contributed by atoms with Crippen molar-refractivity contribution in [2.24, 2.45) is 16.9 Å². The van der Waals surface area contributed by atoms with E-state index in [1.165, 1.54) is 4.90 Å². The molecule has 3 amide bonds. The Hall–Kier alpha value is -3.94. The molecular formula is C29H31N3O5. The van der Waals surface area contributed by atoms with Gasteiger partial charge in [-0.3, -0.25) is 19.3 Å². The first kappa shape index (κ1) is 24.7. The van der Waals surface area contributed by atoms with Crippen LogP contribution in [0.3, 0.4) is 0 Å². The highest BCUT2D eigenvalue weighted by Gasteiger charge is 2.40. The highest BCUT2D eigenvalue weighted by atomic mass is 16.5. The molecule has 1 fully saturated rings. The van der Waals surface area contributed by atoms with Gasteiger partial charge in [-0.25, -0.2) is 5.01 Å². The van der Waals surface area contributed by atoms with Gasteiger partial charge in [-0.1, -0.05) is 36.4 Å². The zero-order chi connectivity index (χ0) is 25.9. The van der Waals surface area contributed by atoms with Gasteiger partial charge in [0.25, 0.3) is 0 Å². The minimum absolute atomic E-state index is 0.00819. The maximum absolute atomic E-state index is 13.4. The van der Waals surface area contributed by atoms with E-state index < -0.39 is 0 Å². The van der Waals surface area contributed by atoms with E-state index in [0.29, 0.717) is 43.7 Å². The molecule has 0 bridgehead atoms. The molecule has 8 heteroatoms. The number of allylic oxidation sites excluding steroid dienone is 2. The van der Waals surface area contributed by atoms with Crippen molar-refractivity contribution in [1.82, 2.24) is 9.91 Å². The van der Waals surface area contributed by atoms with Crippen molar-refractivity contribution in [3.8, 4) is 11.5 Å². The molecular weight excluding hydrogens is 470 g/mol. The van der Waals surface area contributed by atoms with E-state index in [-0.39, 0.29) is 36.1 Å². The van der Waals surface area contributed by atoms with Crippen LogP contribution in [0.5, 0.6) is 11.5 Å². The van der Waals surface area contributed by atoms with Gasteiger partial charge in [0, 0.05) is 24.3 Å². The van der Waals surface area contributed by atoms with E-state index in [9.17, 15) is 14.4 Å². The van der Waals surface area contributed by atoms with Gasteiger partial charge in [0.1, 0.15) is 0 Å². The number of likely N-dealkylation sites (tertiary alicyclic amines) is 1. The molecule has 0 spiro atoms. The SMILES string of the molecule is COc1ccc(C2=NN(Cc3ccc(CN4C(=O)CCCC4=O)cc3)C(=O)C3CC=CCC23)cc1OC. The van der Waals surface area contributed by atoms with E-state index in [0.717, 1.165) is 28.8 Å². The molecule has 2 aliphatic heterocycles. The summed E-state index contributed by atoms with van der Waals surface area (Å²) in [6, 6.07) is 13.4. The fraction of sp³-hybridized carbons (Fsp3) is 0.379. The second kappa shape index (κ2) is 10.6. The third kappa shape index (κ3) is 5.01. The Morgan fingerprint density at radius 2 is 1.43 bits per heavy atom. The Morgan fingerprint density at radius 3 is 2.08 bits per heavy atom. The lowest BCUT2D eigenvalue weighted by atomic mass is 9.76. The Bertz CT molecular complexity index is 1250. The Kier molecular flexibility index (Phi) is 7.08. The molecule has 1 aliphatic carbocycles. The number of carbonyl (C=O) groups is 3. The van der Waals surface area contributed by atoms with Gasteiger partial charge in [-0.2, -0.15) is 5.10 Å². The molecule has 2 aromatic carbocycles. The summed E-state index contributed by atoms with van der Waals surface area (Å²) in [6.07, 6.45) is 7.10. The number of methoxy groups -OCH3 is 2. The molecule has 0 saturated carbocycles. The molecule has 37 heavy (non-hydrogen) atoms. The molecule has 0 aromatic heterocycles. The molecule has 1 saturated heterocycles. The zero-order valence-corrected chi connectivity index (χ0v) is 21.2. The smallest absolute Gasteiger partial charge is 0.247 e. The molecule has 2 heterocycles. The number of amides is 3. The van der Waals surface area contributed by atoms with Crippen molar-refractivity contribution in [3.63, 3.8) is 0 Å². The summed E-state index contributed by atoms with van der Waals surface area (Å²) in [5, 5.41) is 6.42. The summed E-state index contributed by atoms with van der Waals surface area (Å²) in [5.41, 5.74) is 3.58. The Morgan fingerprint density at radius 1 is 0.811 bits per heavy atom. The summed E-state index contributed by atoms with van der Waals surface area (Å²) >= 11 is 0. The number of rotatable bonds is 7. The number of nitrogens with zero attached hydrogens (tertiary/aromatic N) is 3. The number of piperidine rings is 1. The minimum atomic E-state index is -0.166. The van der Waals surface area contributed by atoms with Crippen LogP contribution in [0, 0.1) is 11.8 Å². The van der Waals surface area contributed by atoms with Crippen LogP contribution in [0.4, 0.5) is 0 Å². The number of hydrogen-bond donors (Lipinski definition) is 0. The van der Waals surface area contributed by atoms with Gasteiger partial charge in [0.2, 0.25) is 17.7 Å². The largest absolute Gasteiger partial charge is 0.493 e. The van der Waals surface area contributed by atoms with E-state index >= 15 is 0 Å². The maximum Gasteiger partial charge on any atom is 0.247 e. The average molecular weight is 502 g/mol. The monoisotopic (exact) mass is 501 g/mol. The van der Waals surface area contributed by atoms with Crippen molar-refractivity contribution < 1.29 is 23.9 Å². The summed E-state index contributed by atoms with van der Waals surface area (Å²) in [4.78, 5) is 39.0. The fourth-order valence-corrected chi connectivity index (χ4v) is 5.30. The van der Waals surface area contributed by atoms with Crippen molar-refractivity contribution in [1.29, 1.82) is 0 Å². The molecule has 2 atom stereocenters. The van der Waals surface area contributed by atoms with Crippen LogP contribution in [0.15, 0.2) is 59.7 Å². The maximum atomic E-state index is 13.4. The molecule has 0 N–H and O–H groups in total. The number of ether oxygens (including phenoxy) is 2. The summed E-state index contributed by atoms with van der Waals surface area (Å²) < 4.78 is 10.9. The highest BCUT2D eigenvalue weighted by molar-refractivity contribution is 6.07. The van der Waals surface area contributed by atoms with Gasteiger partial charge < -0.3 is 9.47 Å². The first-order valence-electron chi connectivity index (χ1n) is 12.7.